The smallest absolute Gasteiger partial charge is 0.0177 e. The van der Waals surface area contributed by atoms with E-state index in [0.29, 0.717) is 6.04 Å². The van der Waals surface area contributed by atoms with E-state index in [1.54, 1.807) is 0 Å². The molecule has 0 spiro atoms. The van der Waals surface area contributed by atoms with Gasteiger partial charge in [0.05, 0.1) is 0 Å². The zero-order chi connectivity index (χ0) is 14.1. The summed E-state index contributed by atoms with van der Waals surface area (Å²) in [4.78, 5) is 0. The third kappa shape index (κ3) is 8.01. The minimum Gasteiger partial charge on any atom is -0.314 e. The molecule has 0 bridgehead atoms. The highest BCUT2D eigenvalue weighted by Gasteiger charge is 2.10. The lowest BCUT2D eigenvalue weighted by molar-refractivity contribution is 0.438. The quantitative estimate of drug-likeness (QED) is 0.649. The maximum absolute atomic E-state index is 3.59. The average molecular weight is 344 g/mol. The zero-order valence-electron chi connectivity index (χ0n) is 12.3. The van der Waals surface area contributed by atoms with E-state index in [0.717, 1.165) is 12.5 Å². The largest absolute Gasteiger partial charge is 0.314 e. The van der Waals surface area contributed by atoms with Gasteiger partial charge in [0.1, 0.15) is 0 Å². The summed E-state index contributed by atoms with van der Waals surface area (Å²) in [7, 11) is 0. The molecule has 0 fully saturated rings. The number of benzene rings is 1. The first-order chi connectivity index (χ1) is 9.11. The predicted molar refractivity (Wildman–Crippen MR) is 92.1 cm³/mol. The van der Waals surface area contributed by atoms with Gasteiger partial charge in [-0.3, -0.25) is 0 Å². The molecule has 1 unspecified atom stereocenters. The molecule has 1 aromatic carbocycles. The summed E-state index contributed by atoms with van der Waals surface area (Å²) in [6.07, 6.45) is 2.47. The van der Waals surface area contributed by atoms with Gasteiger partial charge in [0.2, 0.25) is 0 Å². The molecule has 108 valence electrons. The minimum atomic E-state index is 0.573. The Labute approximate surface area is 131 Å². The van der Waals surface area contributed by atoms with Crippen LogP contribution in [0, 0.1) is 5.92 Å². The fraction of sp³-hybridized carbons (Fsp3) is 0.625. The summed E-state index contributed by atoms with van der Waals surface area (Å²) in [6, 6.07) is 9.28. The van der Waals surface area contributed by atoms with Gasteiger partial charge < -0.3 is 5.32 Å². The van der Waals surface area contributed by atoms with Crippen LogP contribution in [0.15, 0.2) is 28.7 Å². The van der Waals surface area contributed by atoms with Gasteiger partial charge in [-0.15, -0.1) is 0 Å². The van der Waals surface area contributed by atoms with Gasteiger partial charge in [-0.25, -0.2) is 0 Å². The first-order valence-corrected chi connectivity index (χ1v) is 9.12. The van der Waals surface area contributed by atoms with Crippen LogP contribution in [-0.4, -0.2) is 24.1 Å². The van der Waals surface area contributed by atoms with Crippen LogP contribution in [0.5, 0.6) is 0 Å². The Morgan fingerprint density at radius 1 is 1.32 bits per heavy atom. The molecule has 19 heavy (non-hydrogen) atoms. The standard InChI is InChI=1S/C16H26BrNS/c1-4-19-9-8-15(12-18-13(2)3)10-14-6-5-7-16(17)11-14/h5-7,11,13,15,18H,4,8-10,12H2,1-3H3. The van der Waals surface area contributed by atoms with Crippen LogP contribution < -0.4 is 5.32 Å². The van der Waals surface area contributed by atoms with Gasteiger partial charge in [0, 0.05) is 10.5 Å². The molecule has 0 aromatic heterocycles. The van der Waals surface area contributed by atoms with Gasteiger partial charge in [0.25, 0.3) is 0 Å². The number of halogens is 1. The minimum absolute atomic E-state index is 0.573. The Kier molecular flexibility index (Phi) is 8.84. The first-order valence-electron chi connectivity index (χ1n) is 7.17. The summed E-state index contributed by atoms with van der Waals surface area (Å²) in [5, 5.41) is 3.59. The Morgan fingerprint density at radius 3 is 2.74 bits per heavy atom. The van der Waals surface area contributed by atoms with Crippen molar-refractivity contribution in [1.82, 2.24) is 5.32 Å². The Balaban J connectivity index is 2.51. The molecule has 0 heterocycles. The van der Waals surface area contributed by atoms with E-state index in [1.807, 2.05) is 11.8 Å². The molecular formula is C16H26BrNS. The molecular weight excluding hydrogens is 318 g/mol. The maximum atomic E-state index is 3.59. The van der Waals surface area contributed by atoms with Crippen molar-refractivity contribution in [1.29, 1.82) is 0 Å². The number of hydrogen-bond acceptors (Lipinski definition) is 2. The molecule has 0 saturated carbocycles. The first kappa shape index (κ1) is 17.1. The van der Waals surface area contributed by atoms with E-state index in [2.05, 4.69) is 66.3 Å². The van der Waals surface area contributed by atoms with E-state index in [4.69, 9.17) is 0 Å². The normalized spacial score (nSPS) is 12.9. The van der Waals surface area contributed by atoms with E-state index in [9.17, 15) is 0 Å². The van der Waals surface area contributed by atoms with Crippen molar-refractivity contribution in [3.8, 4) is 0 Å². The molecule has 0 aliphatic rings. The Bertz CT molecular complexity index is 354. The van der Waals surface area contributed by atoms with Gasteiger partial charge in [-0.05, 0) is 54.5 Å². The number of hydrogen-bond donors (Lipinski definition) is 1. The van der Waals surface area contributed by atoms with Crippen LogP contribution in [0.3, 0.4) is 0 Å². The molecule has 0 saturated heterocycles. The van der Waals surface area contributed by atoms with Crippen LogP contribution in [-0.2, 0) is 6.42 Å². The van der Waals surface area contributed by atoms with Crippen LogP contribution in [0.4, 0.5) is 0 Å². The number of thioether (sulfide) groups is 1. The third-order valence-corrected chi connectivity index (χ3v) is 4.53. The van der Waals surface area contributed by atoms with Crippen molar-refractivity contribution in [2.75, 3.05) is 18.1 Å². The van der Waals surface area contributed by atoms with Crippen LogP contribution >= 0.6 is 27.7 Å². The second-order valence-corrected chi connectivity index (χ2v) is 7.56. The second kappa shape index (κ2) is 9.84. The lowest BCUT2D eigenvalue weighted by atomic mass is 9.96. The number of rotatable bonds is 9. The molecule has 0 amide bonds. The SMILES string of the molecule is CCSCCC(CNC(C)C)Cc1cccc(Br)c1. The predicted octanol–water partition coefficient (Wildman–Crippen LogP) is 4.75. The molecule has 1 nitrogen and oxygen atoms in total. The van der Waals surface area contributed by atoms with Gasteiger partial charge >= 0.3 is 0 Å². The maximum Gasteiger partial charge on any atom is 0.0177 e. The molecule has 1 rings (SSSR count). The monoisotopic (exact) mass is 343 g/mol. The fourth-order valence-corrected chi connectivity index (χ4v) is 3.31. The summed E-state index contributed by atoms with van der Waals surface area (Å²) in [6.45, 7) is 7.79. The molecule has 1 aromatic rings. The summed E-state index contributed by atoms with van der Waals surface area (Å²) in [5.41, 5.74) is 1.44. The third-order valence-electron chi connectivity index (χ3n) is 3.10. The van der Waals surface area contributed by atoms with Crippen LogP contribution in [0.2, 0.25) is 0 Å². The van der Waals surface area contributed by atoms with Crippen molar-refractivity contribution in [2.45, 2.75) is 39.7 Å². The zero-order valence-corrected chi connectivity index (χ0v) is 14.7. The Morgan fingerprint density at radius 2 is 2.11 bits per heavy atom. The summed E-state index contributed by atoms with van der Waals surface area (Å²) >= 11 is 5.61. The van der Waals surface area contributed by atoms with Crippen molar-refractivity contribution >= 4 is 27.7 Å². The van der Waals surface area contributed by atoms with Crippen LogP contribution in [0.25, 0.3) is 0 Å². The summed E-state index contributed by atoms with van der Waals surface area (Å²) < 4.78 is 1.18. The van der Waals surface area contributed by atoms with E-state index in [-0.39, 0.29) is 0 Å². The van der Waals surface area contributed by atoms with Crippen LogP contribution in [0.1, 0.15) is 32.8 Å². The summed E-state index contributed by atoms with van der Waals surface area (Å²) in [5.74, 6) is 3.23. The lowest BCUT2D eigenvalue weighted by Gasteiger charge is -2.19. The van der Waals surface area contributed by atoms with Gasteiger partial charge in [0.15, 0.2) is 0 Å². The molecule has 0 aliphatic heterocycles. The van der Waals surface area contributed by atoms with Crippen molar-refractivity contribution in [2.24, 2.45) is 5.92 Å². The highest BCUT2D eigenvalue weighted by Crippen LogP contribution is 2.18. The topological polar surface area (TPSA) is 12.0 Å². The van der Waals surface area contributed by atoms with Gasteiger partial charge in [-0.2, -0.15) is 11.8 Å². The van der Waals surface area contributed by atoms with Gasteiger partial charge in [-0.1, -0.05) is 48.8 Å². The van der Waals surface area contributed by atoms with Crippen molar-refractivity contribution in [3.05, 3.63) is 34.3 Å². The molecule has 0 radical (unpaired) electrons. The second-order valence-electron chi connectivity index (χ2n) is 5.25. The fourth-order valence-electron chi connectivity index (χ4n) is 2.07. The van der Waals surface area contributed by atoms with Crippen molar-refractivity contribution < 1.29 is 0 Å². The Hall–Kier alpha value is 0.01000. The number of nitrogens with one attached hydrogen (secondary N) is 1. The molecule has 0 aliphatic carbocycles. The lowest BCUT2D eigenvalue weighted by Crippen LogP contribution is -2.30. The van der Waals surface area contributed by atoms with Crippen molar-refractivity contribution in [3.63, 3.8) is 0 Å². The van der Waals surface area contributed by atoms with E-state index >= 15 is 0 Å². The molecule has 3 heteroatoms. The highest BCUT2D eigenvalue weighted by molar-refractivity contribution is 9.10. The average Bonchev–Trinajstić information content (AvgIpc) is 2.36. The van der Waals surface area contributed by atoms with E-state index in [1.165, 1.54) is 34.4 Å². The highest BCUT2D eigenvalue weighted by atomic mass is 79.9. The molecule has 1 N–H and O–H groups in total. The van der Waals surface area contributed by atoms with E-state index < -0.39 is 0 Å². The molecule has 1 atom stereocenters.